The zero-order valence-corrected chi connectivity index (χ0v) is 15.6. The lowest BCUT2D eigenvalue weighted by atomic mass is 10.1. The Balaban J connectivity index is 1.73. The number of ether oxygens (including phenoxy) is 2. The SMILES string of the molecule is COC(=O)c1cccc(CN2Cc3ccccc3Oc3ccc(Cl)cc32)c1. The van der Waals surface area contributed by atoms with Crippen LogP contribution in [0.2, 0.25) is 5.02 Å². The fourth-order valence-corrected chi connectivity index (χ4v) is 3.41. The summed E-state index contributed by atoms with van der Waals surface area (Å²) in [7, 11) is 1.39. The highest BCUT2D eigenvalue weighted by Crippen LogP contribution is 2.40. The molecule has 1 aliphatic heterocycles. The maximum Gasteiger partial charge on any atom is 0.337 e. The molecule has 0 unspecified atom stereocenters. The monoisotopic (exact) mass is 379 g/mol. The number of rotatable bonds is 3. The maximum atomic E-state index is 11.8. The molecule has 1 heterocycles. The second-order valence-corrected chi connectivity index (χ2v) is 6.81. The molecular formula is C22H18ClNO3. The van der Waals surface area contributed by atoms with Crippen LogP contribution in [0.25, 0.3) is 0 Å². The van der Waals surface area contributed by atoms with Crippen molar-refractivity contribution in [1.82, 2.24) is 0 Å². The summed E-state index contributed by atoms with van der Waals surface area (Å²) in [5.74, 6) is 1.25. The number of esters is 1. The van der Waals surface area contributed by atoms with Crippen LogP contribution in [0.15, 0.2) is 66.7 Å². The first-order valence-electron chi connectivity index (χ1n) is 8.61. The highest BCUT2D eigenvalue weighted by atomic mass is 35.5. The average Bonchev–Trinajstić information content (AvgIpc) is 2.84. The van der Waals surface area contributed by atoms with E-state index in [4.69, 9.17) is 21.1 Å². The van der Waals surface area contributed by atoms with Crippen molar-refractivity contribution in [2.75, 3.05) is 12.0 Å². The number of halogens is 1. The van der Waals surface area contributed by atoms with Crippen LogP contribution in [-0.2, 0) is 17.8 Å². The van der Waals surface area contributed by atoms with Gasteiger partial charge in [0.1, 0.15) is 5.75 Å². The molecule has 3 aromatic carbocycles. The lowest BCUT2D eigenvalue weighted by Gasteiger charge is -2.24. The van der Waals surface area contributed by atoms with Crippen molar-refractivity contribution in [2.45, 2.75) is 13.1 Å². The molecule has 0 aromatic heterocycles. The molecule has 0 bridgehead atoms. The highest BCUT2D eigenvalue weighted by Gasteiger charge is 2.21. The van der Waals surface area contributed by atoms with Crippen LogP contribution in [0, 0.1) is 0 Å². The van der Waals surface area contributed by atoms with Gasteiger partial charge in [0.05, 0.1) is 18.4 Å². The molecule has 0 radical (unpaired) electrons. The smallest absolute Gasteiger partial charge is 0.337 e. The average molecular weight is 380 g/mol. The summed E-state index contributed by atoms with van der Waals surface area (Å²) >= 11 is 6.25. The van der Waals surface area contributed by atoms with Gasteiger partial charge in [0.25, 0.3) is 0 Å². The third-order valence-electron chi connectivity index (χ3n) is 4.54. The minimum absolute atomic E-state index is 0.343. The van der Waals surface area contributed by atoms with Crippen LogP contribution < -0.4 is 9.64 Å². The zero-order chi connectivity index (χ0) is 18.8. The molecule has 0 amide bonds. The third kappa shape index (κ3) is 3.62. The molecule has 5 heteroatoms. The molecule has 4 nitrogen and oxygen atoms in total. The van der Waals surface area contributed by atoms with Gasteiger partial charge in [0.15, 0.2) is 5.75 Å². The number of fused-ring (bicyclic) bond motifs is 2. The summed E-state index contributed by atoms with van der Waals surface area (Å²) in [4.78, 5) is 14.0. The van der Waals surface area contributed by atoms with Crippen molar-refractivity contribution in [3.8, 4) is 11.5 Å². The van der Waals surface area contributed by atoms with Crippen LogP contribution in [0.1, 0.15) is 21.5 Å². The van der Waals surface area contributed by atoms with Gasteiger partial charge in [0.2, 0.25) is 0 Å². The van der Waals surface area contributed by atoms with Gasteiger partial charge in [0, 0.05) is 23.7 Å². The number of benzene rings is 3. The van der Waals surface area contributed by atoms with Gasteiger partial charge < -0.3 is 14.4 Å². The van der Waals surface area contributed by atoms with E-state index in [9.17, 15) is 4.79 Å². The van der Waals surface area contributed by atoms with Crippen molar-refractivity contribution >= 4 is 23.3 Å². The second kappa shape index (κ2) is 7.33. The van der Waals surface area contributed by atoms with Crippen molar-refractivity contribution in [3.05, 3.63) is 88.4 Å². The second-order valence-electron chi connectivity index (χ2n) is 6.37. The van der Waals surface area contributed by atoms with E-state index in [0.717, 1.165) is 28.3 Å². The van der Waals surface area contributed by atoms with E-state index in [-0.39, 0.29) is 5.97 Å². The molecule has 4 rings (SSSR count). The fraction of sp³-hybridized carbons (Fsp3) is 0.136. The zero-order valence-electron chi connectivity index (χ0n) is 14.8. The van der Waals surface area contributed by atoms with Crippen LogP contribution in [-0.4, -0.2) is 13.1 Å². The Bertz CT molecular complexity index is 1000. The van der Waals surface area contributed by atoms with E-state index < -0.39 is 0 Å². The van der Waals surface area contributed by atoms with E-state index >= 15 is 0 Å². The van der Waals surface area contributed by atoms with Gasteiger partial charge in [-0.15, -0.1) is 0 Å². The summed E-state index contributed by atoms with van der Waals surface area (Å²) in [6.07, 6.45) is 0. The van der Waals surface area contributed by atoms with E-state index in [1.54, 1.807) is 6.07 Å². The van der Waals surface area contributed by atoms with Crippen molar-refractivity contribution in [2.24, 2.45) is 0 Å². The van der Waals surface area contributed by atoms with Crippen molar-refractivity contribution < 1.29 is 14.3 Å². The fourth-order valence-electron chi connectivity index (χ4n) is 3.24. The number of anilines is 1. The van der Waals surface area contributed by atoms with Crippen molar-refractivity contribution in [3.63, 3.8) is 0 Å². The van der Waals surface area contributed by atoms with Gasteiger partial charge in [-0.2, -0.15) is 0 Å². The number of hydrogen-bond acceptors (Lipinski definition) is 4. The molecule has 0 atom stereocenters. The normalized spacial score (nSPS) is 12.4. The molecule has 27 heavy (non-hydrogen) atoms. The minimum atomic E-state index is -0.343. The first-order valence-corrected chi connectivity index (χ1v) is 8.99. The van der Waals surface area contributed by atoms with Gasteiger partial charge in [-0.3, -0.25) is 0 Å². The van der Waals surface area contributed by atoms with Crippen LogP contribution in [0.4, 0.5) is 5.69 Å². The van der Waals surface area contributed by atoms with Crippen molar-refractivity contribution in [1.29, 1.82) is 0 Å². The molecule has 0 saturated carbocycles. The third-order valence-corrected chi connectivity index (χ3v) is 4.77. The topological polar surface area (TPSA) is 38.8 Å². The van der Waals surface area contributed by atoms with Crippen LogP contribution >= 0.6 is 11.6 Å². The first-order chi connectivity index (χ1) is 13.1. The first kappa shape index (κ1) is 17.4. The summed E-state index contributed by atoms with van der Waals surface area (Å²) in [5.41, 5.74) is 3.55. The summed E-state index contributed by atoms with van der Waals surface area (Å²) < 4.78 is 11.0. The summed E-state index contributed by atoms with van der Waals surface area (Å²) in [5, 5.41) is 0.650. The van der Waals surface area contributed by atoms with Gasteiger partial charge in [-0.1, -0.05) is 41.9 Å². The summed E-state index contributed by atoms with van der Waals surface area (Å²) in [6.45, 7) is 1.28. The number of hydrogen-bond donors (Lipinski definition) is 0. The van der Waals surface area contributed by atoms with Gasteiger partial charge in [-0.25, -0.2) is 4.79 Å². The Morgan fingerprint density at radius 2 is 1.93 bits per heavy atom. The Hall–Kier alpha value is -2.98. The van der Waals surface area contributed by atoms with Gasteiger partial charge >= 0.3 is 5.97 Å². The molecule has 0 N–H and O–H groups in total. The molecule has 0 aliphatic carbocycles. The Labute approximate surface area is 162 Å². The van der Waals surface area contributed by atoms with Crippen LogP contribution in [0.3, 0.4) is 0 Å². The Kier molecular flexibility index (Phi) is 4.73. The summed E-state index contributed by atoms with van der Waals surface area (Å²) in [6, 6.07) is 21.1. The van der Waals surface area contributed by atoms with E-state index in [1.807, 2.05) is 54.6 Å². The Morgan fingerprint density at radius 3 is 2.78 bits per heavy atom. The highest BCUT2D eigenvalue weighted by molar-refractivity contribution is 6.31. The number of methoxy groups -OCH3 is 1. The molecule has 3 aromatic rings. The lowest BCUT2D eigenvalue weighted by molar-refractivity contribution is 0.0600. The maximum absolute atomic E-state index is 11.8. The number of carbonyl (C=O) groups is 1. The molecular weight excluding hydrogens is 362 g/mol. The van der Waals surface area contributed by atoms with Crippen LogP contribution in [0.5, 0.6) is 11.5 Å². The molecule has 1 aliphatic rings. The predicted octanol–water partition coefficient (Wildman–Crippen LogP) is 5.44. The van der Waals surface area contributed by atoms with E-state index in [1.165, 1.54) is 7.11 Å². The predicted molar refractivity (Wildman–Crippen MR) is 106 cm³/mol. The standard InChI is InChI=1S/C22H18ClNO3/c1-26-22(25)16-7-4-5-15(11-16)13-24-14-17-6-2-3-8-20(17)27-21-10-9-18(23)12-19(21)24/h2-12H,13-14H2,1H3. The molecule has 0 spiro atoms. The van der Waals surface area contributed by atoms with E-state index in [2.05, 4.69) is 11.0 Å². The number of para-hydroxylation sites is 1. The Morgan fingerprint density at radius 1 is 1.07 bits per heavy atom. The number of nitrogens with zero attached hydrogens (tertiary/aromatic N) is 1. The molecule has 136 valence electrons. The van der Waals surface area contributed by atoms with Gasteiger partial charge in [-0.05, 0) is 42.0 Å². The minimum Gasteiger partial charge on any atom is -0.465 e. The van der Waals surface area contributed by atoms with E-state index in [0.29, 0.717) is 23.7 Å². The lowest BCUT2D eigenvalue weighted by Crippen LogP contribution is -2.21. The molecule has 0 fully saturated rings. The largest absolute Gasteiger partial charge is 0.465 e. The molecule has 0 saturated heterocycles. The number of carbonyl (C=O) groups excluding carboxylic acids is 1. The quantitative estimate of drug-likeness (QED) is 0.568.